The molecule has 1 atom stereocenters. The Morgan fingerprint density at radius 2 is 1.82 bits per heavy atom. The first-order valence-corrected chi connectivity index (χ1v) is 9.60. The molecule has 8 heteroatoms. The first kappa shape index (κ1) is 18.3. The number of anilines is 1. The van der Waals surface area contributed by atoms with Crippen molar-refractivity contribution < 1.29 is 9.53 Å². The van der Waals surface area contributed by atoms with Crippen LogP contribution in [0.15, 0.2) is 39.9 Å². The highest BCUT2D eigenvalue weighted by molar-refractivity contribution is 5.67. The van der Waals surface area contributed by atoms with Crippen molar-refractivity contribution in [1.82, 2.24) is 14.5 Å². The SMILES string of the molecule is COC(=O)N1CCC(n2c(=O)[nH]c3c(c2=O)CC[C@H](c2ccccc2)N3)CC1. The molecule has 2 N–H and O–H groups in total. The van der Waals surface area contributed by atoms with Crippen molar-refractivity contribution >= 4 is 11.9 Å². The lowest BCUT2D eigenvalue weighted by atomic mass is 9.95. The Hall–Kier alpha value is -3.03. The summed E-state index contributed by atoms with van der Waals surface area (Å²) in [5.74, 6) is 0.526. The number of aromatic nitrogens is 2. The summed E-state index contributed by atoms with van der Waals surface area (Å²) < 4.78 is 6.07. The van der Waals surface area contributed by atoms with Gasteiger partial charge in [-0.2, -0.15) is 0 Å². The van der Waals surface area contributed by atoms with E-state index < -0.39 is 5.69 Å². The average molecular weight is 384 g/mol. The highest BCUT2D eigenvalue weighted by Crippen LogP contribution is 2.29. The van der Waals surface area contributed by atoms with E-state index in [2.05, 4.69) is 10.3 Å². The molecule has 0 radical (unpaired) electrons. The van der Waals surface area contributed by atoms with E-state index >= 15 is 0 Å². The van der Waals surface area contributed by atoms with E-state index in [1.807, 2.05) is 30.3 Å². The minimum atomic E-state index is -0.401. The van der Waals surface area contributed by atoms with Gasteiger partial charge in [-0.05, 0) is 31.2 Å². The highest BCUT2D eigenvalue weighted by atomic mass is 16.5. The summed E-state index contributed by atoms with van der Waals surface area (Å²) in [6, 6.07) is 9.86. The molecule has 0 spiro atoms. The third-order valence-electron chi connectivity index (χ3n) is 5.70. The monoisotopic (exact) mass is 384 g/mol. The highest BCUT2D eigenvalue weighted by Gasteiger charge is 2.29. The Balaban J connectivity index is 1.57. The minimum Gasteiger partial charge on any atom is -0.453 e. The number of carbonyl (C=O) groups is 1. The van der Waals surface area contributed by atoms with Crippen LogP contribution >= 0.6 is 0 Å². The summed E-state index contributed by atoms with van der Waals surface area (Å²) in [6.07, 6.45) is 2.13. The fraction of sp³-hybridized carbons (Fsp3) is 0.450. The van der Waals surface area contributed by atoms with Crippen LogP contribution in [0.4, 0.5) is 10.6 Å². The van der Waals surface area contributed by atoms with E-state index in [-0.39, 0.29) is 23.7 Å². The van der Waals surface area contributed by atoms with Gasteiger partial charge >= 0.3 is 11.8 Å². The number of hydrogen-bond acceptors (Lipinski definition) is 5. The van der Waals surface area contributed by atoms with Gasteiger partial charge in [0.25, 0.3) is 5.56 Å². The van der Waals surface area contributed by atoms with Gasteiger partial charge in [0.15, 0.2) is 0 Å². The molecule has 1 saturated heterocycles. The first-order chi connectivity index (χ1) is 13.6. The summed E-state index contributed by atoms with van der Waals surface area (Å²) in [5, 5.41) is 3.32. The maximum absolute atomic E-state index is 13.0. The second kappa shape index (κ2) is 7.53. The van der Waals surface area contributed by atoms with Gasteiger partial charge in [-0.3, -0.25) is 14.3 Å². The van der Waals surface area contributed by atoms with Crippen LogP contribution in [-0.2, 0) is 11.2 Å². The van der Waals surface area contributed by atoms with E-state index in [4.69, 9.17) is 4.74 Å². The van der Waals surface area contributed by atoms with Crippen molar-refractivity contribution in [1.29, 1.82) is 0 Å². The lowest BCUT2D eigenvalue weighted by molar-refractivity contribution is 0.106. The fourth-order valence-corrected chi connectivity index (χ4v) is 4.18. The first-order valence-electron chi connectivity index (χ1n) is 9.60. The Bertz CT molecular complexity index is 974. The van der Waals surface area contributed by atoms with Gasteiger partial charge in [-0.15, -0.1) is 0 Å². The minimum absolute atomic E-state index is 0.0721. The normalized spacial score (nSPS) is 19.6. The van der Waals surface area contributed by atoms with E-state index in [0.29, 0.717) is 43.7 Å². The molecule has 0 saturated carbocycles. The molecule has 148 valence electrons. The van der Waals surface area contributed by atoms with E-state index in [1.54, 1.807) is 4.90 Å². The molecule has 28 heavy (non-hydrogen) atoms. The van der Waals surface area contributed by atoms with Gasteiger partial charge in [-0.25, -0.2) is 9.59 Å². The average Bonchev–Trinajstić information content (AvgIpc) is 2.74. The number of nitrogens with zero attached hydrogens (tertiary/aromatic N) is 2. The van der Waals surface area contributed by atoms with Gasteiger partial charge < -0.3 is 15.0 Å². The molecule has 3 heterocycles. The summed E-state index contributed by atoms with van der Waals surface area (Å²) in [6.45, 7) is 0.934. The number of piperidine rings is 1. The second-order valence-corrected chi connectivity index (χ2v) is 7.29. The van der Waals surface area contributed by atoms with Crippen LogP contribution in [0.2, 0.25) is 0 Å². The van der Waals surface area contributed by atoms with E-state index in [0.717, 1.165) is 12.0 Å². The Morgan fingerprint density at radius 1 is 1.11 bits per heavy atom. The Kier molecular flexibility index (Phi) is 4.93. The van der Waals surface area contributed by atoms with Crippen LogP contribution in [-0.4, -0.2) is 40.7 Å². The third kappa shape index (κ3) is 3.30. The number of amides is 1. The summed E-state index contributed by atoms with van der Waals surface area (Å²) in [4.78, 5) is 41.8. The zero-order chi connectivity index (χ0) is 19.7. The third-order valence-corrected chi connectivity index (χ3v) is 5.70. The topological polar surface area (TPSA) is 96.4 Å². The number of nitrogens with one attached hydrogen (secondary N) is 2. The van der Waals surface area contributed by atoms with Crippen molar-refractivity contribution in [2.45, 2.75) is 37.8 Å². The van der Waals surface area contributed by atoms with Gasteiger partial charge in [0, 0.05) is 19.1 Å². The fourth-order valence-electron chi connectivity index (χ4n) is 4.18. The number of H-pyrrole nitrogens is 1. The zero-order valence-electron chi connectivity index (χ0n) is 15.8. The Morgan fingerprint density at radius 3 is 2.50 bits per heavy atom. The van der Waals surface area contributed by atoms with Crippen molar-refractivity contribution in [3.63, 3.8) is 0 Å². The molecule has 0 bridgehead atoms. The number of ether oxygens (including phenoxy) is 1. The smallest absolute Gasteiger partial charge is 0.409 e. The number of methoxy groups -OCH3 is 1. The molecule has 2 aliphatic heterocycles. The molecular formula is C20H24N4O4. The van der Waals surface area contributed by atoms with Gasteiger partial charge in [0.05, 0.1) is 18.7 Å². The lowest BCUT2D eigenvalue weighted by Gasteiger charge is -2.32. The number of fused-ring (bicyclic) bond motifs is 1. The zero-order valence-corrected chi connectivity index (χ0v) is 15.8. The predicted molar refractivity (Wildman–Crippen MR) is 105 cm³/mol. The molecule has 4 rings (SSSR count). The number of carbonyl (C=O) groups excluding carboxylic acids is 1. The van der Waals surface area contributed by atoms with Gasteiger partial charge in [0.1, 0.15) is 5.82 Å². The van der Waals surface area contributed by atoms with Crippen LogP contribution in [0, 0.1) is 0 Å². The van der Waals surface area contributed by atoms with Gasteiger partial charge in [0.2, 0.25) is 0 Å². The van der Waals surface area contributed by atoms with Crippen molar-refractivity contribution in [2.24, 2.45) is 0 Å². The number of benzene rings is 1. The van der Waals surface area contributed by atoms with Crippen molar-refractivity contribution in [2.75, 3.05) is 25.5 Å². The maximum Gasteiger partial charge on any atom is 0.409 e. The molecule has 2 aromatic rings. The van der Waals surface area contributed by atoms with Crippen LogP contribution in [0.1, 0.15) is 42.5 Å². The standard InChI is InChI=1S/C20H24N4O4/c1-28-20(27)23-11-9-14(10-12-23)24-18(25)15-7-8-16(13-5-3-2-4-6-13)21-17(15)22-19(24)26/h2-6,14,16,21H,7-12H2,1H3,(H,22,26)/t16-/m1/s1. The summed E-state index contributed by atoms with van der Waals surface area (Å²) in [7, 11) is 1.35. The van der Waals surface area contributed by atoms with Crippen LogP contribution < -0.4 is 16.6 Å². The second-order valence-electron chi connectivity index (χ2n) is 7.29. The molecule has 1 fully saturated rings. The van der Waals surface area contributed by atoms with Crippen LogP contribution in [0.3, 0.4) is 0 Å². The quantitative estimate of drug-likeness (QED) is 0.826. The van der Waals surface area contributed by atoms with Crippen molar-refractivity contribution in [3.8, 4) is 0 Å². The van der Waals surface area contributed by atoms with Crippen molar-refractivity contribution in [3.05, 3.63) is 62.3 Å². The molecule has 8 nitrogen and oxygen atoms in total. The molecule has 2 aliphatic rings. The molecular weight excluding hydrogens is 360 g/mol. The summed E-state index contributed by atoms with van der Waals surface area (Å²) in [5.41, 5.74) is 1.13. The number of aromatic amines is 1. The predicted octanol–water partition coefficient (Wildman–Crippen LogP) is 2.04. The Labute approximate surface area is 162 Å². The number of rotatable bonds is 2. The lowest BCUT2D eigenvalue weighted by Crippen LogP contribution is -2.46. The molecule has 0 aliphatic carbocycles. The van der Waals surface area contributed by atoms with Crippen LogP contribution in [0.5, 0.6) is 0 Å². The van der Waals surface area contributed by atoms with E-state index in [9.17, 15) is 14.4 Å². The maximum atomic E-state index is 13.0. The molecule has 1 aromatic heterocycles. The number of hydrogen-bond donors (Lipinski definition) is 2. The number of likely N-dealkylation sites (tertiary alicyclic amines) is 1. The van der Waals surface area contributed by atoms with Crippen LogP contribution in [0.25, 0.3) is 0 Å². The largest absolute Gasteiger partial charge is 0.453 e. The molecule has 1 aromatic carbocycles. The van der Waals surface area contributed by atoms with E-state index in [1.165, 1.54) is 11.7 Å². The summed E-state index contributed by atoms with van der Waals surface area (Å²) >= 11 is 0. The van der Waals surface area contributed by atoms with Gasteiger partial charge in [-0.1, -0.05) is 30.3 Å². The molecule has 1 amide bonds. The molecule has 0 unspecified atom stereocenters.